The Hall–Kier alpha value is -3.23. The van der Waals surface area contributed by atoms with Crippen LogP contribution in [-0.4, -0.2) is 21.4 Å². The van der Waals surface area contributed by atoms with E-state index in [1.54, 1.807) is 36.4 Å². The van der Waals surface area contributed by atoms with E-state index in [1.807, 2.05) is 0 Å². The average molecular weight is 433 g/mol. The first-order valence-corrected chi connectivity index (χ1v) is 10.2. The van der Waals surface area contributed by atoms with Crippen LogP contribution in [0.3, 0.4) is 0 Å². The Morgan fingerprint density at radius 2 is 1.83 bits per heavy atom. The van der Waals surface area contributed by atoms with Crippen molar-refractivity contribution in [2.45, 2.75) is 4.90 Å². The number of sulfonamides is 1. The molecule has 0 atom stereocenters. The van der Waals surface area contributed by atoms with Gasteiger partial charge < -0.3 is 14.5 Å². The third-order valence-electron chi connectivity index (χ3n) is 3.77. The molecule has 9 heteroatoms. The van der Waals surface area contributed by atoms with Gasteiger partial charge in [0.15, 0.2) is 0 Å². The maximum atomic E-state index is 12.7. The van der Waals surface area contributed by atoms with E-state index in [0.29, 0.717) is 17.2 Å². The van der Waals surface area contributed by atoms with Crippen LogP contribution in [0.4, 0.5) is 11.4 Å². The number of amides is 1. The van der Waals surface area contributed by atoms with Crippen LogP contribution in [0.5, 0.6) is 5.75 Å². The first-order chi connectivity index (χ1) is 13.9. The summed E-state index contributed by atoms with van der Waals surface area (Å²) in [6.45, 7) is 0. The van der Waals surface area contributed by atoms with Gasteiger partial charge in [-0.1, -0.05) is 11.6 Å². The second-order valence-corrected chi connectivity index (χ2v) is 7.88. The van der Waals surface area contributed by atoms with E-state index in [1.165, 1.54) is 43.7 Å². The highest BCUT2D eigenvalue weighted by atomic mass is 35.5. The average Bonchev–Trinajstić information content (AvgIpc) is 3.22. The van der Waals surface area contributed by atoms with Crippen LogP contribution in [-0.2, 0) is 14.8 Å². The van der Waals surface area contributed by atoms with Crippen molar-refractivity contribution in [1.29, 1.82) is 0 Å². The fraction of sp³-hybridized carbons (Fsp3) is 0.0500. The van der Waals surface area contributed by atoms with Crippen LogP contribution < -0.4 is 14.8 Å². The Labute approximate surface area is 173 Å². The van der Waals surface area contributed by atoms with Crippen LogP contribution in [0, 0.1) is 0 Å². The molecule has 1 heterocycles. The Bertz CT molecular complexity index is 1120. The minimum absolute atomic E-state index is 0.0233. The Morgan fingerprint density at radius 1 is 1.10 bits per heavy atom. The summed E-state index contributed by atoms with van der Waals surface area (Å²) in [6, 6.07) is 14.0. The van der Waals surface area contributed by atoms with Gasteiger partial charge in [-0.15, -0.1) is 0 Å². The van der Waals surface area contributed by atoms with Crippen molar-refractivity contribution in [3.8, 4) is 5.75 Å². The summed E-state index contributed by atoms with van der Waals surface area (Å²) in [5, 5.41) is 2.61. The van der Waals surface area contributed by atoms with Crippen molar-refractivity contribution in [3.63, 3.8) is 0 Å². The largest absolute Gasteiger partial charge is 0.497 e. The van der Waals surface area contributed by atoms with Gasteiger partial charge in [0.1, 0.15) is 16.4 Å². The number of rotatable bonds is 7. The highest BCUT2D eigenvalue weighted by Crippen LogP contribution is 2.27. The molecule has 0 saturated carbocycles. The fourth-order valence-corrected chi connectivity index (χ4v) is 3.97. The van der Waals surface area contributed by atoms with Gasteiger partial charge in [-0.05, 0) is 60.7 Å². The van der Waals surface area contributed by atoms with E-state index in [0.717, 1.165) is 0 Å². The van der Waals surface area contributed by atoms with E-state index >= 15 is 0 Å². The number of hydrogen-bond donors (Lipinski definition) is 2. The molecule has 1 aromatic heterocycles. The summed E-state index contributed by atoms with van der Waals surface area (Å²) in [5.41, 5.74) is 0.622. The SMILES string of the molecule is COc1ccc(NS(=O)(=O)c2cc(NC(=O)C=Cc3ccco3)ccc2Cl)cc1. The lowest BCUT2D eigenvalue weighted by atomic mass is 10.3. The van der Waals surface area contributed by atoms with Gasteiger partial charge in [0, 0.05) is 17.5 Å². The van der Waals surface area contributed by atoms with Crippen molar-refractivity contribution in [2.75, 3.05) is 17.1 Å². The summed E-state index contributed by atoms with van der Waals surface area (Å²) in [6.07, 6.45) is 4.26. The molecule has 0 fully saturated rings. The topological polar surface area (TPSA) is 97.6 Å². The molecule has 0 aliphatic heterocycles. The third kappa shape index (κ3) is 5.40. The zero-order valence-electron chi connectivity index (χ0n) is 15.3. The van der Waals surface area contributed by atoms with Crippen LogP contribution >= 0.6 is 11.6 Å². The van der Waals surface area contributed by atoms with Gasteiger partial charge in [-0.3, -0.25) is 9.52 Å². The van der Waals surface area contributed by atoms with Gasteiger partial charge in [0.2, 0.25) is 5.91 Å². The lowest BCUT2D eigenvalue weighted by molar-refractivity contribution is -0.111. The Kier molecular flexibility index (Phi) is 6.26. The summed E-state index contributed by atoms with van der Waals surface area (Å²) >= 11 is 6.08. The molecule has 0 spiro atoms. The normalized spacial score (nSPS) is 11.4. The monoisotopic (exact) mass is 432 g/mol. The molecule has 7 nitrogen and oxygen atoms in total. The van der Waals surface area contributed by atoms with E-state index in [-0.39, 0.29) is 15.6 Å². The second kappa shape index (κ2) is 8.85. The molecule has 0 bridgehead atoms. The Morgan fingerprint density at radius 3 is 2.48 bits per heavy atom. The van der Waals surface area contributed by atoms with Crippen LogP contribution in [0.25, 0.3) is 6.08 Å². The molecular weight excluding hydrogens is 416 g/mol. The van der Waals surface area contributed by atoms with Gasteiger partial charge in [0.05, 0.1) is 18.4 Å². The van der Waals surface area contributed by atoms with Crippen molar-refractivity contribution >= 4 is 45.0 Å². The molecule has 2 aromatic carbocycles. The number of ether oxygens (including phenoxy) is 1. The first kappa shape index (κ1) is 20.5. The third-order valence-corrected chi connectivity index (χ3v) is 5.64. The zero-order valence-corrected chi connectivity index (χ0v) is 16.8. The van der Waals surface area contributed by atoms with Crippen molar-refractivity contribution < 1.29 is 22.4 Å². The zero-order chi connectivity index (χ0) is 20.9. The predicted octanol–water partition coefficient (Wildman–Crippen LogP) is 4.39. The van der Waals surface area contributed by atoms with Crippen molar-refractivity contribution in [2.24, 2.45) is 0 Å². The molecule has 29 heavy (non-hydrogen) atoms. The summed E-state index contributed by atoms with van der Waals surface area (Å²) in [5.74, 6) is 0.664. The predicted molar refractivity (Wildman–Crippen MR) is 112 cm³/mol. The van der Waals surface area contributed by atoms with Crippen molar-refractivity contribution in [1.82, 2.24) is 0 Å². The number of benzene rings is 2. The molecule has 3 aromatic rings. The highest BCUT2D eigenvalue weighted by Gasteiger charge is 2.19. The molecule has 1 amide bonds. The highest BCUT2D eigenvalue weighted by molar-refractivity contribution is 7.92. The fourth-order valence-electron chi connectivity index (χ4n) is 2.38. The minimum Gasteiger partial charge on any atom is -0.497 e. The second-order valence-electron chi connectivity index (χ2n) is 5.82. The molecule has 0 unspecified atom stereocenters. The lowest BCUT2D eigenvalue weighted by Crippen LogP contribution is -2.14. The molecule has 3 rings (SSSR count). The maximum absolute atomic E-state index is 12.7. The van der Waals surface area contributed by atoms with Crippen LogP contribution in [0.1, 0.15) is 5.76 Å². The number of nitrogens with one attached hydrogen (secondary N) is 2. The lowest BCUT2D eigenvalue weighted by Gasteiger charge is -2.12. The molecular formula is C20H17ClN2O5S. The van der Waals surface area contributed by atoms with Gasteiger partial charge in [0.25, 0.3) is 10.0 Å². The number of anilines is 2. The summed E-state index contributed by atoms with van der Waals surface area (Å²) in [4.78, 5) is 11.9. The number of furan rings is 1. The quantitative estimate of drug-likeness (QED) is 0.539. The van der Waals surface area contributed by atoms with Crippen molar-refractivity contribution in [3.05, 3.63) is 77.7 Å². The molecule has 0 radical (unpaired) electrons. The summed E-state index contributed by atoms with van der Waals surface area (Å²) < 4.78 is 38.1. The smallest absolute Gasteiger partial charge is 0.263 e. The van der Waals surface area contributed by atoms with E-state index in [4.69, 9.17) is 20.8 Å². The number of carbonyl (C=O) groups excluding carboxylic acids is 1. The summed E-state index contributed by atoms with van der Waals surface area (Å²) in [7, 11) is -2.46. The maximum Gasteiger partial charge on any atom is 0.263 e. The van der Waals surface area contributed by atoms with Crippen LogP contribution in [0.2, 0.25) is 5.02 Å². The number of methoxy groups -OCH3 is 1. The van der Waals surface area contributed by atoms with E-state index in [2.05, 4.69) is 10.0 Å². The molecule has 0 aliphatic rings. The molecule has 2 N–H and O–H groups in total. The standard InChI is InChI=1S/C20H17ClN2O5S/c1-27-16-7-4-14(5-8-16)23-29(25,26)19-13-15(6-10-18(19)21)22-20(24)11-9-17-3-2-12-28-17/h2-13,23H,1H3,(H,22,24). The van der Waals surface area contributed by atoms with E-state index in [9.17, 15) is 13.2 Å². The van der Waals surface area contributed by atoms with E-state index < -0.39 is 15.9 Å². The first-order valence-electron chi connectivity index (χ1n) is 8.36. The van der Waals surface area contributed by atoms with Gasteiger partial charge in [-0.2, -0.15) is 0 Å². The minimum atomic E-state index is -3.98. The Balaban J connectivity index is 1.77. The number of hydrogen-bond acceptors (Lipinski definition) is 5. The number of halogens is 1. The van der Waals surface area contributed by atoms with Crippen LogP contribution in [0.15, 0.2) is 76.2 Å². The molecule has 0 aliphatic carbocycles. The molecule has 0 saturated heterocycles. The number of carbonyl (C=O) groups is 1. The van der Waals surface area contributed by atoms with Gasteiger partial charge >= 0.3 is 0 Å². The molecule has 150 valence electrons. The van der Waals surface area contributed by atoms with Gasteiger partial charge in [-0.25, -0.2) is 8.42 Å².